The smallest absolute Gasteiger partial charge is 0.335 e. The Balaban J connectivity index is 2.14. The molecule has 1 aliphatic rings. The largest absolute Gasteiger partial charge is 0.478 e. The number of sulfonamides is 1. The fraction of sp³-hybridized carbons (Fsp3) is 0.235. The Morgan fingerprint density at radius 1 is 0.962 bits per heavy atom. The topological polar surface area (TPSA) is 83.9 Å². The van der Waals surface area contributed by atoms with Gasteiger partial charge in [0.1, 0.15) is 11.6 Å². The molecule has 1 N–H and O–H groups in total. The maximum absolute atomic E-state index is 13.5. The van der Waals surface area contributed by atoms with Gasteiger partial charge >= 0.3 is 5.97 Å². The molecule has 6 nitrogen and oxygen atoms in total. The van der Waals surface area contributed by atoms with Crippen LogP contribution in [0.4, 0.5) is 8.78 Å². The summed E-state index contributed by atoms with van der Waals surface area (Å²) in [5.41, 5.74) is -0.154. The Morgan fingerprint density at radius 3 is 2.12 bits per heavy atom. The number of hydrogen-bond acceptors (Lipinski definition) is 4. The molecule has 2 aromatic rings. The molecular formula is C17H15F2NO5S. The summed E-state index contributed by atoms with van der Waals surface area (Å²) in [6.07, 6.45) is 0. The number of nitrogens with zero attached hydrogens (tertiary/aromatic N) is 1. The highest BCUT2D eigenvalue weighted by Gasteiger charge is 2.27. The normalized spacial score (nSPS) is 15.8. The second-order valence-corrected chi connectivity index (χ2v) is 7.66. The Morgan fingerprint density at radius 2 is 1.54 bits per heavy atom. The zero-order valence-corrected chi connectivity index (χ0v) is 14.3. The molecule has 0 bridgehead atoms. The Bertz CT molecular complexity index is 935. The van der Waals surface area contributed by atoms with Crippen LogP contribution in [0.2, 0.25) is 0 Å². The predicted molar refractivity (Wildman–Crippen MR) is 88.3 cm³/mol. The summed E-state index contributed by atoms with van der Waals surface area (Å²) in [4.78, 5) is 11.1. The van der Waals surface area contributed by atoms with Crippen LogP contribution in [0.25, 0.3) is 11.1 Å². The van der Waals surface area contributed by atoms with E-state index in [-0.39, 0.29) is 47.9 Å². The van der Waals surface area contributed by atoms with E-state index in [9.17, 15) is 27.1 Å². The summed E-state index contributed by atoms with van der Waals surface area (Å²) >= 11 is 0. The molecular weight excluding hydrogens is 368 g/mol. The number of morpholine rings is 1. The van der Waals surface area contributed by atoms with Gasteiger partial charge in [-0.3, -0.25) is 0 Å². The Kier molecular flexibility index (Phi) is 5.03. The molecule has 0 aliphatic carbocycles. The fourth-order valence-electron chi connectivity index (χ4n) is 2.69. The Hall–Kier alpha value is -2.36. The van der Waals surface area contributed by atoms with Crippen molar-refractivity contribution in [3.8, 4) is 11.1 Å². The summed E-state index contributed by atoms with van der Waals surface area (Å²) in [7, 11) is -3.97. The highest BCUT2D eigenvalue weighted by Crippen LogP contribution is 2.28. The van der Waals surface area contributed by atoms with Crippen molar-refractivity contribution in [3.63, 3.8) is 0 Å². The van der Waals surface area contributed by atoms with Crippen molar-refractivity contribution in [2.75, 3.05) is 26.3 Å². The van der Waals surface area contributed by atoms with Gasteiger partial charge in [0.05, 0.1) is 23.7 Å². The molecule has 0 saturated carbocycles. The first-order valence-electron chi connectivity index (χ1n) is 7.70. The number of carbonyl (C=O) groups is 1. The van der Waals surface area contributed by atoms with Crippen LogP contribution in [0.3, 0.4) is 0 Å². The van der Waals surface area contributed by atoms with Crippen LogP contribution < -0.4 is 0 Å². The van der Waals surface area contributed by atoms with Crippen LogP contribution in [-0.4, -0.2) is 50.1 Å². The van der Waals surface area contributed by atoms with Gasteiger partial charge in [-0.25, -0.2) is 22.0 Å². The van der Waals surface area contributed by atoms with Crippen molar-refractivity contribution in [1.29, 1.82) is 0 Å². The van der Waals surface area contributed by atoms with E-state index in [0.29, 0.717) is 6.07 Å². The lowest BCUT2D eigenvalue weighted by atomic mass is 10.0. The third-order valence-electron chi connectivity index (χ3n) is 3.96. The van der Waals surface area contributed by atoms with Gasteiger partial charge in [-0.2, -0.15) is 4.31 Å². The van der Waals surface area contributed by atoms with E-state index in [1.54, 1.807) is 0 Å². The van der Waals surface area contributed by atoms with Crippen LogP contribution in [0, 0.1) is 11.6 Å². The lowest BCUT2D eigenvalue weighted by Crippen LogP contribution is -2.40. The van der Waals surface area contributed by atoms with Crippen molar-refractivity contribution in [2.24, 2.45) is 0 Å². The lowest BCUT2D eigenvalue weighted by Gasteiger charge is -2.26. The fourth-order valence-corrected chi connectivity index (χ4v) is 4.17. The summed E-state index contributed by atoms with van der Waals surface area (Å²) in [6.45, 7) is 0.757. The van der Waals surface area contributed by atoms with E-state index in [2.05, 4.69) is 0 Å². The highest BCUT2D eigenvalue weighted by atomic mass is 32.2. The van der Waals surface area contributed by atoms with E-state index in [1.807, 2.05) is 0 Å². The number of carboxylic acids is 1. The van der Waals surface area contributed by atoms with Gasteiger partial charge in [-0.15, -0.1) is 0 Å². The quantitative estimate of drug-likeness (QED) is 0.876. The van der Waals surface area contributed by atoms with Gasteiger partial charge < -0.3 is 9.84 Å². The summed E-state index contributed by atoms with van der Waals surface area (Å²) < 4.78 is 58.9. The lowest BCUT2D eigenvalue weighted by molar-refractivity contribution is 0.0696. The maximum atomic E-state index is 13.5. The summed E-state index contributed by atoms with van der Waals surface area (Å²) in [6, 6.07) is 6.12. The SMILES string of the molecule is O=C(O)c1cc(-c2cc(F)cc(F)c2)cc(S(=O)(=O)N2CCOCC2)c1. The molecule has 0 unspecified atom stereocenters. The van der Waals surface area contributed by atoms with Crippen molar-refractivity contribution in [1.82, 2.24) is 4.31 Å². The zero-order chi connectivity index (χ0) is 18.9. The van der Waals surface area contributed by atoms with Gasteiger partial charge in [0.15, 0.2) is 0 Å². The number of ether oxygens (including phenoxy) is 1. The number of carboxylic acid groups (broad SMARTS) is 1. The third kappa shape index (κ3) is 3.74. The van der Waals surface area contributed by atoms with Crippen molar-refractivity contribution >= 4 is 16.0 Å². The third-order valence-corrected chi connectivity index (χ3v) is 5.83. The molecule has 0 aromatic heterocycles. The van der Waals surface area contributed by atoms with Crippen LogP contribution in [0.1, 0.15) is 10.4 Å². The monoisotopic (exact) mass is 383 g/mol. The number of benzene rings is 2. The molecule has 1 fully saturated rings. The van der Waals surface area contributed by atoms with Gasteiger partial charge in [0.2, 0.25) is 10.0 Å². The first-order chi connectivity index (χ1) is 12.3. The molecule has 9 heteroatoms. The van der Waals surface area contributed by atoms with Crippen molar-refractivity contribution in [3.05, 3.63) is 53.6 Å². The van der Waals surface area contributed by atoms with Gasteiger partial charge in [0, 0.05) is 19.2 Å². The molecule has 2 aromatic carbocycles. The average molecular weight is 383 g/mol. The molecule has 26 heavy (non-hydrogen) atoms. The molecule has 0 atom stereocenters. The van der Waals surface area contributed by atoms with Gasteiger partial charge in [-0.05, 0) is 41.5 Å². The first kappa shape index (κ1) is 18.4. The van der Waals surface area contributed by atoms with E-state index in [4.69, 9.17) is 4.74 Å². The number of hydrogen-bond donors (Lipinski definition) is 1. The van der Waals surface area contributed by atoms with E-state index in [0.717, 1.165) is 18.2 Å². The predicted octanol–water partition coefficient (Wildman–Crippen LogP) is 2.35. The molecule has 1 aliphatic heterocycles. The molecule has 138 valence electrons. The van der Waals surface area contributed by atoms with E-state index in [1.165, 1.54) is 16.4 Å². The Labute approximate surface area is 148 Å². The van der Waals surface area contributed by atoms with Crippen LogP contribution in [0.15, 0.2) is 41.3 Å². The average Bonchev–Trinajstić information content (AvgIpc) is 2.61. The van der Waals surface area contributed by atoms with Gasteiger partial charge in [0.25, 0.3) is 0 Å². The van der Waals surface area contributed by atoms with Crippen LogP contribution >= 0.6 is 0 Å². The number of aromatic carboxylic acids is 1. The number of rotatable bonds is 4. The van der Waals surface area contributed by atoms with Crippen molar-refractivity contribution in [2.45, 2.75) is 4.90 Å². The molecule has 1 heterocycles. The second kappa shape index (κ2) is 7.10. The first-order valence-corrected chi connectivity index (χ1v) is 9.14. The van der Waals surface area contributed by atoms with E-state index >= 15 is 0 Å². The number of halogens is 2. The van der Waals surface area contributed by atoms with E-state index < -0.39 is 27.6 Å². The van der Waals surface area contributed by atoms with Gasteiger partial charge in [-0.1, -0.05) is 0 Å². The highest BCUT2D eigenvalue weighted by molar-refractivity contribution is 7.89. The minimum absolute atomic E-state index is 0.0454. The zero-order valence-electron chi connectivity index (χ0n) is 13.5. The molecule has 3 rings (SSSR count). The minimum Gasteiger partial charge on any atom is -0.478 e. The van der Waals surface area contributed by atoms with Crippen LogP contribution in [-0.2, 0) is 14.8 Å². The molecule has 0 spiro atoms. The van der Waals surface area contributed by atoms with Crippen molar-refractivity contribution < 1.29 is 31.8 Å². The maximum Gasteiger partial charge on any atom is 0.335 e. The second-order valence-electron chi connectivity index (χ2n) is 5.73. The standard InChI is InChI=1S/C17H15F2NO5S/c18-14-6-12(7-15(19)10-14)11-5-13(17(21)22)9-16(8-11)26(23,24)20-1-3-25-4-2-20/h5-10H,1-4H2,(H,21,22). The molecule has 0 radical (unpaired) electrons. The molecule has 0 amide bonds. The summed E-state index contributed by atoms with van der Waals surface area (Å²) in [5.74, 6) is -3.04. The molecule has 1 saturated heterocycles. The summed E-state index contributed by atoms with van der Waals surface area (Å²) in [5, 5.41) is 9.29. The van der Waals surface area contributed by atoms with Crippen LogP contribution in [0.5, 0.6) is 0 Å². The minimum atomic E-state index is -3.97.